The van der Waals surface area contributed by atoms with Gasteiger partial charge in [0, 0.05) is 24.2 Å². The van der Waals surface area contributed by atoms with E-state index in [0.29, 0.717) is 42.5 Å². The van der Waals surface area contributed by atoms with Crippen molar-refractivity contribution in [3.8, 4) is 11.5 Å². The molecule has 0 spiro atoms. The summed E-state index contributed by atoms with van der Waals surface area (Å²) in [6, 6.07) is 13.6. The molecule has 0 amide bonds. The zero-order chi connectivity index (χ0) is 25.1. The van der Waals surface area contributed by atoms with Crippen molar-refractivity contribution in [2.45, 2.75) is 40.0 Å². The molecule has 2 aromatic heterocycles. The first-order chi connectivity index (χ1) is 17.5. The molecule has 0 saturated carbocycles. The Morgan fingerprint density at radius 3 is 2.83 bits per heavy atom. The number of hydrogen-bond acceptors (Lipinski definition) is 9. The van der Waals surface area contributed by atoms with E-state index in [4.69, 9.17) is 14.2 Å². The number of nitrogens with one attached hydrogen (secondary N) is 1. The van der Waals surface area contributed by atoms with Gasteiger partial charge in [0.25, 0.3) is 5.56 Å². The number of carbonyl (C=O) groups is 1. The van der Waals surface area contributed by atoms with Gasteiger partial charge in [-0.3, -0.25) is 14.5 Å². The van der Waals surface area contributed by atoms with Crippen molar-refractivity contribution in [3.63, 3.8) is 0 Å². The van der Waals surface area contributed by atoms with E-state index < -0.39 is 5.97 Å². The molecule has 2 aromatic carbocycles. The van der Waals surface area contributed by atoms with Crippen LogP contribution in [0.1, 0.15) is 29.4 Å². The third-order valence-electron chi connectivity index (χ3n) is 5.87. The molecule has 4 aromatic rings. The van der Waals surface area contributed by atoms with E-state index in [1.165, 1.54) is 4.68 Å². The van der Waals surface area contributed by atoms with Gasteiger partial charge >= 0.3 is 5.97 Å². The molecular formula is C25H26N6O5. The third kappa shape index (κ3) is 5.20. The molecule has 0 radical (unpaired) electrons. The molecule has 5 rings (SSSR count). The molecule has 1 aliphatic rings. The summed E-state index contributed by atoms with van der Waals surface area (Å²) in [6.45, 7) is 5.24. The lowest BCUT2D eigenvalue weighted by Gasteiger charge is -2.22. The second-order valence-corrected chi connectivity index (χ2v) is 8.60. The predicted octanol–water partition coefficient (Wildman–Crippen LogP) is 2.32. The van der Waals surface area contributed by atoms with Gasteiger partial charge in [-0.2, -0.15) is 0 Å². The second-order valence-electron chi connectivity index (χ2n) is 8.60. The van der Waals surface area contributed by atoms with E-state index in [1.54, 1.807) is 6.92 Å². The fourth-order valence-corrected chi connectivity index (χ4v) is 4.18. The topological polar surface area (TPSA) is 124 Å². The molecule has 36 heavy (non-hydrogen) atoms. The summed E-state index contributed by atoms with van der Waals surface area (Å²) in [5, 5.41) is 12.8. The first-order valence-corrected chi connectivity index (χ1v) is 11.6. The molecule has 1 aliphatic heterocycles. The number of esters is 1. The van der Waals surface area contributed by atoms with Gasteiger partial charge in [0.1, 0.15) is 6.54 Å². The average Bonchev–Trinajstić information content (AvgIpc) is 3.49. The Morgan fingerprint density at radius 2 is 1.97 bits per heavy atom. The Balaban J connectivity index is 1.44. The van der Waals surface area contributed by atoms with Gasteiger partial charge in [-0.05, 0) is 65.6 Å². The Labute approximate surface area is 206 Å². The van der Waals surface area contributed by atoms with Crippen molar-refractivity contribution >= 4 is 16.9 Å². The monoisotopic (exact) mass is 490 g/mol. The lowest BCUT2D eigenvalue weighted by molar-refractivity contribution is -0.144. The molecule has 0 bridgehead atoms. The van der Waals surface area contributed by atoms with Crippen molar-refractivity contribution in [2.24, 2.45) is 0 Å². The molecule has 0 atom stereocenters. The minimum absolute atomic E-state index is 0.0934. The van der Waals surface area contributed by atoms with Crippen LogP contribution in [0.2, 0.25) is 0 Å². The average molecular weight is 491 g/mol. The number of tetrazole rings is 1. The van der Waals surface area contributed by atoms with Crippen LogP contribution in [0.3, 0.4) is 0 Å². The number of H-pyrrole nitrogens is 1. The number of nitrogens with zero attached hydrogens (tertiary/aromatic N) is 5. The first-order valence-electron chi connectivity index (χ1n) is 11.6. The molecule has 186 valence electrons. The molecule has 1 N–H and O–H groups in total. The van der Waals surface area contributed by atoms with Crippen LogP contribution >= 0.6 is 0 Å². The predicted molar refractivity (Wildman–Crippen MR) is 129 cm³/mol. The van der Waals surface area contributed by atoms with Gasteiger partial charge in [-0.25, -0.2) is 4.68 Å². The summed E-state index contributed by atoms with van der Waals surface area (Å²) < 4.78 is 17.4. The maximum atomic E-state index is 12.9. The molecule has 11 nitrogen and oxygen atoms in total. The fraction of sp³-hybridized carbons (Fsp3) is 0.320. The SMILES string of the molecule is CCOC(=O)Cn1nnnc1CN(Cc1ccc2c(c1)OCO2)Cc1cc2cc(C)ccc2[nH]c1=O. The Hall–Kier alpha value is -4.25. The van der Waals surface area contributed by atoms with Crippen LogP contribution in [0.4, 0.5) is 0 Å². The van der Waals surface area contributed by atoms with Crippen molar-refractivity contribution in [1.29, 1.82) is 0 Å². The van der Waals surface area contributed by atoms with E-state index in [0.717, 1.165) is 22.0 Å². The van der Waals surface area contributed by atoms with Crippen LogP contribution in [-0.2, 0) is 35.7 Å². The van der Waals surface area contributed by atoms with Gasteiger partial charge < -0.3 is 19.2 Å². The van der Waals surface area contributed by atoms with E-state index in [1.807, 2.05) is 54.3 Å². The van der Waals surface area contributed by atoms with Crippen LogP contribution in [0.5, 0.6) is 11.5 Å². The minimum atomic E-state index is -0.422. The summed E-state index contributed by atoms with van der Waals surface area (Å²) in [6.07, 6.45) is 0. The number of pyridine rings is 1. The first kappa shape index (κ1) is 23.5. The van der Waals surface area contributed by atoms with Crippen LogP contribution in [0.25, 0.3) is 10.9 Å². The summed E-state index contributed by atoms with van der Waals surface area (Å²) in [4.78, 5) is 29.9. The molecule has 0 saturated heterocycles. The number of aryl methyl sites for hydroxylation is 1. The number of fused-ring (bicyclic) bond motifs is 2. The van der Waals surface area contributed by atoms with Gasteiger partial charge in [0.05, 0.1) is 13.2 Å². The minimum Gasteiger partial charge on any atom is -0.465 e. The standard InChI is InChI=1S/C25H26N6O5/c1-3-34-24(32)14-31-23(27-28-29-31)13-30(11-17-5-7-21-22(9-17)36-15-35-21)12-19-10-18-8-16(2)4-6-20(18)26-25(19)33/h4-10H,3,11-15H2,1-2H3,(H,26,33). The Kier molecular flexibility index (Phi) is 6.63. The van der Waals surface area contributed by atoms with Crippen LogP contribution in [-0.4, -0.2) is 49.5 Å². The molecule has 3 heterocycles. The summed E-state index contributed by atoms with van der Waals surface area (Å²) >= 11 is 0. The zero-order valence-electron chi connectivity index (χ0n) is 20.1. The van der Waals surface area contributed by atoms with Gasteiger partial charge in [-0.15, -0.1) is 5.10 Å². The number of aromatic amines is 1. The maximum absolute atomic E-state index is 12.9. The largest absolute Gasteiger partial charge is 0.465 e. The number of benzene rings is 2. The fourth-order valence-electron chi connectivity index (χ4n) is 4.18. The maximum Gasteiger partial charge on any atom is 0.327 e. The highest BCUT2D eigenvalue weighted by atomic mass is 16.7. The van der Waals surface area contributed by atoms with Crippen molar-refractivity contribution in [2.75, 3.05) is 13.4 Å². The lowest BCUT2D eigenvalue weighted by atomic mass is 10.1. The smallest absolute Gasteiger partial charge is 0.327 e. The number of hydrogen-bond donors (Lipinski definition) is 1. The van der Waals surface area contributed by atoms with E-state index in [2.05, 4.69) is 20.5 Å². The number of rotatable bonds is 9. The van der Waals surface area contributed by atoms with Gasteiger partial charge in [-0.1, -0.05) is 17.7 Å². The highest BCUT2D eigenvalue weighted by Gasteiger charge is 2.19. The number of ether oxygens (including phenoxy) is 3. The number of aromatic nitrogens is 5. The quantitative estimate of drug-likeness (QED) is 0.352. The van der Waals surface area contributed by atoms with Gasteiger partial charge in [0.2, 0.25) is 6.79 Å². The van der Waals surface area contributed by atoms with Crippen molar-refractivity contribution < 1.29 is 19.0 Å². The molecule has 0 unspecified atom stereocenters. The molecule has 0 fully saturated rings. The molecule has 11 heteroatoms. The summed E-state index contributed by atoms with van der Waals surface area (Å²) in [7, 11) is 0. The second kappa shape index (κ2) is 10.2. The van der Waals surface area contributed by atoms with E-state index >= 15 is 0 Å². The highest BCUT2D eigenvalue weighted by molar-refractivity contribution is 5.79. The zero-order valence-corrected chi connectivity index (χ0v) is 20.1. The highest BCUT2D eigenvalue weighted by Crippen LogP contribution is 2.33. The third-order valence-corrected chi connectivity index (χ3v) is 5.87. The summed E-state index contributed by atoms with van der Waals surface area (Å²) in [5.41, 5.74) is 3.31. The summed E-state index contributed by atoms with van der Waals surface area (Å²) in [5.74, 6) is 1.44. The van der Waals surface area contributed by atoms with Crippen molar-refractivity contribution in [1.82, 2.24) is 30.1 Å². The van der Waals surface area contributed by atoms with E-state index in [9.17, 15) is 9.59 Å². The Bertz CT molecular complexity index is 1460. The normalized spacial score (nSPS) is 12.4. The van der Waals surface area contributed by atoms with Crippen LogP contribution in [0, 0.1) is 6.92 Å². The van der Waals surface area contributed by atoms with Crippen molar-refractivity contribution in [3.05, 3.63) is 75.3 Å². The molecule has 0 aliphatic carbocycles. The molecular weight excluding hydrogens is 464 g/mol. The Morgan fingerprint density at radius 1 is 1.11 bits per heavy atom. The number of carbonyl (C=O) groups excluding carboxylic acids is 1. The van der Waals surface area contributed by atoms with E-state index in [-0.39, 0.29) is 25.5 Å². The lowest BCUT2D eigenvalue weighted by Crippen LogP contribution is -2.28. The van der Waals surface area contributed by atoms with Gasteiger partial charge in [0.15, 0.2) is 17.3 Å². The van der Waals surface area contributed by atoms with Crippen LogP contribution < -0.4 is 15.0 Å². The van der Waals surface area contributed by atoms with Crippen LogP contribution in [0.15, 0.2) is 47.3 Å².